The molecule has 0 aromatic carbocycles. The Balaban J connectivity index is 2.57. The molecule has 6 nitrogen and oxygen atoms in total. The Bertz CT molecular complexity index is 190. The number of ether oxygens (including phenoxy) is 2. The van der Waals surface area contributed by atoms with E-state index in [2.05, 4.69) is 22.6 Å². The summed E-state index contributed by atoms with van der Waals surface area (Å²) in [5.74, 6) is 0. The van der Waals surface area contributed by atoms with Gasteiger partial charge in [0.05, 0.1) is 13.2 Å². The van der Waals surface area contributed by atoms with Crippen molar-refractivity contribution in [2.75, 3.05) is 17.6 Å². The first-order valence-corrected chi connectivity index (χ1v) is 6.12. The number of hydrogen-bond donors (Lipinski definition) is 4. The van der Waals surface area contributed by atoms with Crippen LogP contribution in [-0.2, 0) is 9.47 Å². The van der Waals surface area contributed by atoms with E-state index < -0.39 is 37.3 Å². The predicted octanol–water partition coefficient (Wildman–Crippen LogP) is -1.76. The number of aliphatic hydroxyl groups is 4. The maximum Gasteiger partial charge on any atom is 0.186 e. The molecule has 1 aliphatic rings. The van der Waals surface area contributed by atoms with Gasteiger partial charge in [0.15, 0.2) is 6.29 Å². The van der Waals surface area contributed by atoms with E-state index >= 15 is 0 Å². The molecular weight excluding hydrogens is 319 g/mol. The second kappa shape index (κ2) is 6.28. The van der Waals surface area contributed by atoms with Crippen LogP contribution in [0.15, 0.2) is 0 Å². The van der Waals surface area contributed by atoms with E-state index in [4.69, 9.17) is 14.6 Å². The highest BCUT2D eigenvalue weighted by atomic mass is 127. The minimum absolute atomic E-state index is 0.364. The van der Waals surface area contributed by atoms with Gasteiger partial charge in [-0.15, -0.1) is 0 Å². The maximum atomic E-state index is 9.50. The molecule has 0 spiro atoms. The molecule has 1 rings (SSSR count). The highest BCUT2D eigenvalue weighted by Gasteiger charge is 2.43. The highest BCUT2D eigenvalue weighted by molar-refractivity contribution is 14.1. The van der Waals surface area contributed by atoms with E-state index in [9.17, 15) is 15.3 Å². The molecule has 1 saturated heterocycles. The van der Waals surface area contributed by atoms with Crippen molar-refractivity contribution in [3.8, 4) is 0 Å². The van der Waals surface area contributed by atoms with Gasteiger partial charge in [-0.2, -0.15) is 0 Å². The van der Waals surface area contributed by atoms with Crippen molar-refractivity contribution < 1.29 is 29.9 Å². The predicted molar refractivity (Wildman–Crippen MR) is 58.6 cm³/mol. The molecule has 1 aliphatic heterocycles. The average Bonchev–Trinajstić information content (AvgIpc) is 2.25. The fraction of sp³-hybridized carbons (Fsp3) is 1.00. The lowest BCUT2D eigenvalue weighted by Gasteiger charge is -2.39. The topological polar surface area (TPSA) is 99.4 Å². The Morgan fingerprint density at radius 2 is 1.80 bits per heavy atom. The van der Waals surface area contributed by atoms with Gasteiger partial charge in [0.25, 0.3) is 0 Å². The molecule has 1 heterocycles. The maximum absolute atomic E-state index is 9.50. The summed E-state index contributed by atoms with van der Waals surface area (Å²) in [4.78, 5) is 0. The van der Waals surface area contributed by atoms with Crippen molar-refractivity contribution in [3.05, 3.63) is 0 Å². The van der Waals surface area contributed by atoms with Crippen LogP contribution in [0.3, 0.4) is 0 Å². The zero-order valence-corrected chi connectivity index (χ0v) is 10.1. The van der Waals surface area contributed by atoms with Crippen LogP contribution in [0.25, 0.3) is 0 Å². The third-order valence-corrected chi connectivity index (χ3v) is 2.65. The van der Waals surface area contributed by atoms with Crippen LogP contribution in [0, 0.1) is 0 Å². The second-order valence-electron chi connectivity index (χ2n) is 3.26. The smallest absolute Gasteiger partial charge is 0.186 e. The number of hydrogen-bond acceptors (Lipinski definition) is 6. The van der Waals surface area contributed by atoms with E-state index in [-0.39, 0.29) is 0 Å². The summed E-state index contributed by atoms with van der Waals surface area (Å²) >= 11 is 2.09. The van der Waals surface area contributed by atoms with Crippen molar-refractivity contribution in [1.29, 1.82) is 0 Å². The lowest BCUT2D eigenvalue weighted by atomic mass is 9.99. The summed E-state index contributed by atoms with van der Waals surface area (Å²) in [6.45, 7) is -0.0711. The summed E-state index contributed by atoms with van der Waals surface area (Å²) < 4.78 is 10.9. The van der Waals surface area contributed by atoms with Crippen LogP contribution in [-0.4, -0.2) is 68.8 Å². The van der Waals surface area contributed by atoms with Gasteiger partial charge in [0.2, 0.25) is 0 Å². The van der Waals surface area contributed by atoms with Gasteiger partial charge >= 0.3 is 0 Å². The van der Waals surface area contributed by atoms with Crippen LogP contribution >= 0.6 is 22.6 Å². The summed E-state index contributed by atoms with van der Waals surface area (Å²) in [5.41, 5.74) is 0. The molecule has 0 aromatic rings. The molecule has 4 N–H and O–H groups in total. The van der Waals surface area contributed by atoms with Crippen LogP contribution in [0.2, 0.25) is 0 Å². The molecule has 0 amide bonds. The Kier molecular flexibility index (Phi) is 5.68. The molecule has 15 heavy (non-hydrogen) atoms. The van der Waals surface area contributed by atoms with Crippen molar-refractivity contribution in [3.63, 3.8) is 0 Å². The average molecular weight is 334 g/mol. The number of halogens is 1. The number of alkyl halides is 1. The molecule has 5 atom stereocenters. The standard InChI is InChI=1S/C8H15IO6/c9-1-2-14-8-7(13)6(12)5(11)4(3-10)15-8/h4-8,10-13H,1-3H2/t4-,5-,6+,7-,8-/m1/s1. The number of rotatable bonds is 4. The van der Waals surface area contributed by atoms with Gasteiger partial charge in [-0.1, -0.05) is 22.6 Å². The lowest BCUT2D eigenvalue weighted by molar-refractivity contribution is -0.299. The van der Waals surface area contributed by atoms with E-state index in [1.54, 1.807) is 0 Å². The molecule has 90 valence electrons. The van der Waals surface area contributed by atoms with E-state index in [1.165, 1.54) is 0 Å². The number of aliphatic hydroxyl groups excluding tert-OH is 4. The third kappa shape index (κ3) is 3.22. The van der Waals surface area contributed by atoms with Gasteiger partial charge in [0.1, 0.15) is 24.4 Å². The molecule has 0 bridgehead atoms. The van der Waals surface area contributed by atoms with Gasteiger partial charge < -0.3 is 29.9 Å². The zero-order chi connectivity index (χ0) is 11.4. The van der Waals surface area contributed by atoms with Gasteiger partial charge in [-0.25, -0.2) is 0 Å². The van der Waals surface area contributed by atoms with Crippen molar-refractivity contribution in [1.82, 2.24) is 0 Å². The third-order valence-electron chi connectivity index (χ3n) is 2.21. The molecule has 0 aliphatic carbocycles. The van der Waals surface area contributed by atoms with Gasteiger partial charge in [0, 0.05) is 4.43 Å². The Labute approximate surface area is 101 Å². The van der Waals surface area contributed by atoms with Crippen LogP contribution < -0.4 is 0 Å². The fourth-order valence-corrected chi connectivity index (χ4v) is 1.62. The molecule has 0 saturated carbocycles. The zero-order valence-electron chi connectivity index (χ0n) is 7.99. The van der Waals surface area contributed by atoms with Crippen LogP contribution in [0.1, 0.15) is 0 Å². The summed E-state index contributed by atoms with van der Waals surface area (Å²) in [6.07, 6.45) is -5.90. The molecular formula is C8H15IO6. The SMILES string of the molecule is OC[C@H]1O[C@@H](OCCI)[C@H](O)[C@@H](O)[C@@H]1O. The van der Waals surface area contributed by atoms with E-state index in [0.29, 0.717) is 11.0 Å². The minimum atomic E-state index is -1.37. The first-order chi connectivity index (χ1) is 7.11. The van der Waals surface area contributed by atoms with Gasteiger partial charge in [-0.3, -0.25) is 0 Å². The Hall–Kier alpha value is 0.490. The van der Waals surface area contributed by atoms with Gasteiger partial charge in [-0.05, 0) is 0 Å². The summed E-state index contributed by atoms with van der Waals surface area (Å²) in [7, 11) is 0. The molecule has 1 fully saturated rings. The quantitative estimate of drug-likeness (QED) is 0.359. The van der Waals surface area contributed by atoms with E-state index in [0.717, 1.165) is 0 Å². The first-order valence-electron chi connectivity index (χ1n) is 4.60. The van der Waals surface area contributed by atoms with Crippen molar-refractivity contribution in [2.45, 2.75) is 30.7 Å². The largest absolute Gasteiger partial charge is 0.394 e. The minimum Gasteiger partial charge on any atom is -0.394 e. The van der Waals surface area contributed by atoms with E-state index in [1.807, 2.05) is 0 Å². The molecule has 0 aromatic heterocycles. The lowest BCUT2D eigenvalue weighted by Crippen LogP contribution is -2.59. The second-order valence-corrected chi connectivity index (χ2v) is 4.34. The molecule has 0 radical (unpaired) electrons. The summed E-state index contributed by atoms with van der Waals surface area (Å²) in [6, 6.07) is 0. The van der Waals surface area contributed by atoms with Crippen molar-refractivity contribution in [2.24, 2.45) is 0 Å². The Morgan fingerprint density at radius 3 is 2.33 bits per heavy atom. The fourth-order valence-electron chi connectivity index (χ4n) is 1.37. The molecule has 7 heteroatoms. The first kappa shape index (κ1) is 13.6. The monoisotopic (exact) mass is 334 g/mol. The normalized spacial score (nSPS) is 41.8. The Morgan fingerprint density at radius 1 is 1.13 bits per heavy atom. The molecule has 0 unspecified atom stereocenters. The van der Waals surface area contributed by atoms with Crippen molar-refractivity contribution >= 4 is 22.6 Å². The van der Waals surface area contributed by atoms with Crippen LogP contribution in [0.4, 0.5) is 0 Å². The summed E-state index contributed by atoms with van der Waals surface area (Å²) in [5, 5.41) is 37.2. The highest BCUT2D eigenvalue weighted by Crippen LogP contribution is 2.21. The van der Waals surface area contributed by atoms with Crippen LogP contribution in [0.5, 0.6) is 0 Å².